The molecule has 2 aliphatic heterocycles. The van der Waals surface area contributed by atoms with Crippen LogP contribution in [-0.2, 0) is 16.0 Å². The van der Waals surface area contributed by atoms with Crippen LogP contribution in [0.15, 0.2) is 46.9 Å². The Hall–Kier alpha value is -2.92. The largest absolute Gasteiger partial charge is 0.370 e. The Labute approximate surface area is 231 Å². The smallest absolute Gasteiger partial charge is 0.244 e. The van der Waals surface area contributed by atoms with Gasteiger partial charge in [0.15, 0.2) is 11.0 Å². The first-order valence-electron chi connectivity index (χ1n) is 13.1. The number of thioether (sulfide) groups is 1. The van der Waals surface area contributed by atoms with Crippen molar-refractivity contribution in [3.63, 3.8) is 0 Å². The standard InChI is InChI=1S/C27H36N6O3S2/c1-27-13-12-19(10-5-9-18-7-3-2-4-8-18)25(36)33(27)21(17-38-27)23(35)32-20(11-6-14-31-26(28)29)22(34)24-30-15-16-37-24/h2-4,7-8,15-16,19-21H,5-6,9-14,17H2,1H3,(H,32,35)(H4,28,29,31)/t19-,20?,21-,27-/m0/s1. The van der Waals surface area contributed by atoms with Crippen molar-refractivity contribution >= 4 is 46.7 Å². The summed E-state index contributed by atoms with van der Waals surface area (Å²) in [5.41, 5.74) is 12.1. The van der Waals surface area contributed by atoms with Crippen LogP contribution < -0.4 is 16.8 Å². The predicted octanol–water partition coefficient (Wildman–Crippen LogP) is 2.96. The molecule has 0 bridgehead atoms. The van der Waals surface area contributed by atoms with Crippen molar-refractivity contribution in [1.29, 1.82) is 0 Å². The van der Waals surface area contributed by atoms with Crippen LogP contribution in [0, 0.1) is 5.92 Å². The van der Waals surface area contributed by atoms with Gasteiger partial charge in [0.25, 0.3) is 0 Å². The number of nitrogens with zero attached hydrogens (tertiary/aromatic N) is 3. The quantitative estimate of drug-likeness (QED) is 0.158. The number of hydrogen-bond acceptors (Lipinski definition) is 7. The number of fused-ring (bicyclic) bond motifs is 1. The minimum atomic E-state index is -0.763. The van der Waals surface area contributed by atoms with Crippen LogP contribution in [0.4, 0.5) is 0 Å². The molecule has 38 heavy (non-hydrogen) atoms. The molecule has 2 fully saturated rings. The number of nitrogens with one attached hydrogen (secondary N) is 1. The number of aliphatic imine (C=N–C) groups is 1. The minimum absolute atomic E-state index is 0.0129. The Kier molecular flexibility index (Phi) is 9.43. The SMILES string of the molecule is C[C@]12CC[C@H](CCCc3ccccc3)C(=O)N1[C@H](C(=O)NC(CCCN=C(N)N)C(=O)c1nccs1)CS2. The van der Waals surface area contributed by atoms with E-state index < -0.39 is 17.0 Å². The lowest BCUT2D eigenvalue weighted by Gasteiger charge is -2.44. The van der Waals surface area contributed by atoms with Crippen LogP contribution in [-0.4, -0.2) is 62.7 Å². The third-order valence-electron chi connectivity index (χ3n) is 7.30. The number of thiazole rings is 1. The molecule has 0 saturated carbocycles. The highest BCUT2D eigenvalue weighted by molar-refractivity contribution is 8.00. The highest BCUT2D eigenvalue weighted by Gasteiger charge is 2.53. The molecule has 4 atom stereocenters. The number of aromatic nitrogens is 1. The van der Waals surface area contributed by atoms with Crippen molar-refractivity contribution in [3.05, 3.63) is 52.5 Å². The second-order valence-corrected chi connectivity index (χ2v) is 12.4. The van der Waals surface area contributed by atoms with Crippen molar-refractivity contribution in [2.75, 3.05) is 12.3 Å². The van der Waals surface area contributed by atoms with Crippen molar-refractivity contribution in [3.8, 4) is 0 Å². The number of benzene rings is 1. The van der Waals surface area contributed by atoms with E-state index in [1.165, 1.54) is 16.9 Å². The Bertz CT molecular complexity index is 1140. The molecule has 1 aromatic heterocycles. The number of hydrogen-bond donors (Lipinski definition) is 3. The van der Waals surface area contributed by atoms with Crippen LogP contribution in [0.3, 0.4) is 0 Å². The van der Waals surface area contributed by atoms with Gasteiger partial charge in [-0.15, -0.1) is 23.1 Å². The number of carbonyl (C=O) groups is 3. The molecule has 2 amide bonds. The molecule has 0 aliphatic carbocycles. The van der Waals surface area contributed by atoms with E-state index in [0.717, 1.165) is 32.1 Å². The highest BCUT2D eigenvalue weighted by atomic mass is 32.2. The first kappa shape index (κ1) is 28.1. The van der Waals surface area contributed by atoms with E-state index in [4.69, 9.17) is 11.5 Å². The van der Waals surface area contributed by atoms with E-state index >= 15 is 0 Å². The lowest BCUT2D eigenvalue weighted by Crippen LogP contribution is -2.59. The number of guanidine groups is 1. The van der Waals surface area contributed by atoms with Crippen LogP contribution in [0.1, 0.15) is 60.8 Å². The molecule has 1 unspecified atom stereocenters. The van der Waals surface area contributed by atoms with E-state index in [-0.39, 0.29) is 29.5 Å². The predicted molar refractivity (Wildman–Crippen MR) is 152 cm³/mol. The summed E-state index contributed by atoms with van der Waals surface area (Å²) in [4.78, 5) is 49.9. The van der Waals surface area contributed by atoms with Gasteiger partial charge < -0.3 is 21.7 Å². The summed E-state index contributed by atoms with van der Waals surface area (Å²) in [5.74, 6) is -0.0788. The number of rotatable bonds is 12. The Morgan fingerprint density at radius 3 is 2.76 bits per heavy atom. The molecular weight excluding hydrogens is 520 g/mol. The van der Waals surface area contributed by atoms with Crippen LogP contribution in [0.5, 0.6) is 0 Å². The van der Waals surface area contributed by atoms with Crippen LogP contribution >= 0.6 is 23.1 Å². The number of amides is 2. The van der Waals surface area contributed by atoms with E-state index in [1.54, 1.807) is 28.2 Å². The zero-order valence-corrected chi connectivity index (χ0v) is 23.3. The second-order valence-electron chi connectivity index (χ2n) is 10.0. The third kappa shape index (κ3) is 6.74. The molecule has 204 valence electrons. The average molecular weight is 557 g/mol. The second kappa shape index (κ2) is 12.8. The third-order valence-corrected chi connectivity index (χ3v) is 9.59. The monoisotopic (exact) mass is 556 g/mol. The van der Waals surface area contributed by atoms with Gasteiger partial charge in [-0.2, -0.15) is 0 Å². The highest BCUT2D eigenvalue weighted by Crippen LogP contribution is 2.48. The van der Waals surface area contributed by atoms with Gasteiger partial charge in [-0.3, -0.25) is 19.4 Å². The van der Waals surface area contributed by atoms with Gasteiger partial charge in [-0.05, 0) is 57.4 Å². The lowest BCUT2D eigenvalue weighted by molar-refractivity contribution is -0.149. The summed E-state index contributed by atoms with van der Waals surface area (Å²) in [5, 5.41) is 5.02. The number of piperidine rings is 1. The van der Waals surface area contributed by atoms with E-state index in [9.17, 15) is 14.4 Å². The summed E-state index contributed by atoms with van der Waals surface area (Å²) < 4.78 is 0. The first-order chi connectivity index (χ1) is 18.3. The molecule has 3 heterocycles. The van der Waals surface area contributed by atoms with Gasteiger partial charge in [-0.1, -0.05) is 30.3 Å². The van der Waals surface area contributed by atoms with Crippen molar-refractivity contribution in [2.45, 2.75) is 68.8 Å². The van der Waals surface area contributed by atoms with Gasteiger partial charge in [0.05, 0.1) is 10.9 Å². The zero-order chi connectivity index (χ0) is 27.1. The fourth-order valence-corrected chi connectivity index (χ4v) is 7.33. The Morgan fingerprint density at radius 2 is 2.05 bits per heavy atom. The number of nitrogens with two attached hydrogens (primary N) is 2. The van der Waals surface area contributed by atoms with Crippen molar-refractivity contribution in [1.82, 2.24) is 15.2 Å². The fourth-order valence-electron chi connectivity index (χ4n) is 5.27. The van der Waals surface area contributed by atoms with Crippen molar-refractivity contribution in [2.24, 2.45) is 22.4 Å². The molecule has 2 saturated heterocycles. The van der Waals surface area contributed by atoms with E-state index in [2.05, 4.69) is 34.3 Å². The zero-order valence-electron chi connectivity index (χ0n) is 21.7. The molecular formula is C27H36N6O3S2. The van der Waals surface area contributed by atoms with E-state index in [1.807, 2.05) is 18.2 Å². The molecule has 4 rings (SSSR count). The lowest BCUT2D eigenvalue weighted by atomic mass is 9.87. The Morgan fingerprint density at radius 1 is 1.26 bits per heavy atom. The average Bonchev–Trinajstić information content (AvgIpc) is 3.56. The van der Waals surface area contributed by atoms with Gasteiger partial charge in [0, 0.05) is 29.8 Å². The summed E-state index contributed by atoms with van der Waals surface area (Å²) >= 11 is 2.89. The normalized spacial score (nSPS) is 23.5. The summed E-state index contributed by atoms with van der Waals surface area (Å²) in [6.07, 6.45) is 6.80. The number of carbonyl (C=O) groups excluding carboxylic acids is 3. The number of ketones is 1. The summed E-state index contributed by atoms with van der Waals surface area (Å²) in [7, 11) is 0. The maximum absolute atomic E-state index is 13.7. The molecule has 0 spiro atoms. The molecule has 2 aromatic rings. The van der Waals surface area contributed by atoms with Gasteiger partial charge >= 0.3 is 0 Å². The van der Waals surface area contributed by atoms with Gasteiger partial charge in [0.2, 0.25) is 17.6 Å². The number of Topliss-reactive ketones (excluding diaryl/α,β-unsaturated/α-hetero) is 1. The van der Waals surface area contributed by atoms with Crippen molar-refractivity contribution < 1.29 is 14.4 Å². The minimum Gasteiger partial charge on any atom is -0.370 e. The molecule has 9 nitrogen and oxygen atoms in total. The maximum atomic E-state index is 13.7. The van der Waals surface area contributed by atoms with Gasteiger partial charge in [-0.25, -0.2) is 4.98 Å². The Balaban J connectivity index is 1.41. The molecule has 1 aromatic carbocycles. The first-order valence-corrected chi connectivity index (χ1v) is 15.0. The summed E-state index contributed by atoms with van der Waals surface area (Å²) in [6.45, 7) is 2.41. The maximum Gasteiger partial charge on any atom is 0.244 e. The van der Waals surface area contributed by atoms with Crippen LogP contribution in [0.25, 0.3) is 0 Å². The summed E-state index contributed by atoms with van der Waals surface area (Å²) in [6, 6.07) is 8.91. The number of aryl methyl sites for hydroxylation is 1. The van der Waals surface area contributed by atoms with E-state index in [0.29, 0.717) is 30.1 Å². The topological polar surface area (TPSA) is 144 Å². The fraction of sp³-hybridized carbons (Fsp3) is 0.519. The van der Waals surface area contributed by atoms with Gasteiger partial charge in [0.1, 0.15) is 6.04 Å². The molecule has 11 heteroatoms. The molecule has 0 radical (unpaired) electrons. The molecule has 5 N–H and O–H groups in total. The van der Waals surface area contributed by atoms with Crippen LogP contribution in [0.2, 0.25) is 0 Å². The molecule has 2 aliphatic rings.